The first-order valence-electron chi connectivity index (χ1n) is 6.79. The average molecular weight is 345 g/mol. The number of nitrogen functional groups attached to an aromatic ring is 1. The minimum absolute atomic E-state index is 0.129. The maximum atomic E-state index is 12.2. The molecule has 0 fully saturated rings. The van der Waals surface area contributed by atoms with Gasteiger partial charge in [-0.2, -0.15) is 5.10 Å². The highest BCUT2D eigenvalue weighted by atomic mass is 35.5. The summed E-state index contributed by atoms with van der Waals surface area (Å²) in [5.74, 6) is 0. The lowest BCUT2D eigenvalue weighted by molar-refractivity contribution is 1.12. The third kappa shape index (κ3) is 2.09. The molecule has 0 amide bonds. The molecule has 0 radical (unpaired) electrons. The van der Waals surface area contributed by atoms with Crippen LogP contribution in [0.25, 0.3) is 32.9 Å². The number of benzene rings is 2. The number of fused-ring (bicyclic) bond motifs is 2. The third-order valence-corrected chi connectivity index (χ3v) is 4.40. The lowest BCUT2D eigenvalue weighted by atomic mass is 9.97. The number of aromatic amines is 2. The molecule has 7 heteroatoms. The third-order valence-electron chi connectivity index (χ3n) is 3.85. The van der Waals surface area contributed by atoms with Gasteiger partial charge in [0.15, 0.2) is 0 Å². The van der Waals surface area contributed by atoms with Crippen LogP contribution in [0.3, 0.4) is 0 Å². The number of rotatable bonds is 1. The molecule has 4 N–H and O–H groups in total. The van der Waals surface area contributed by atoms with Gasteiger partial charge in [0, 0.05) is 26.9 Å². The second-order valence-electron chi connectivity index (χ2n) is 5.19. The number of anilines is 1. The van der Waals surface area contributed by atoms with Crippen molar-refractivity contribution in [3.8, 4) is 11.1 Å². The van der Waals surface area contributed by atoms with Crippen LogP contribution in [-0.2, 0) is 0 Å². The van der Waals surface area contributed by atoms with Crippen molar-refractivity contribution in [2.75, 3.05) is 5.73 Å². The fraction of sp³-hybridized carbons (Fsp3) is 0. The lowest BCUT2D eigenvalue weighted by Crippen LogP contribution is -2.13. The number of nitrogens with one attached hydrogen (secondary N) is 2. The van der Waals surface area contributed by atoms with Crippen LogP contribution in [0, 0.1) is 0 Å². The van der Waals surface area contributed by atoms with Crippen LogP contribution >= 0.6 is 23.2 Å². The van der Waals surface area contributed by atoms with E-state index in [0.717, 1.165) is 16.3 Å². The number of hydrogen-bond acceptors (Lipinski definition) is 3. The monoisotopic (exact) mass is 344 g/mol. The van der Waals surface area contributed by atoms with Crippen molar-refractivity contribution in [3.05, 3.63) is 56.9 Å². The summed E-state index contributed by atoms with van der Waals surface area (Å²) in [6.07, 6.45) is 1.66. The largest absolute Gasteiger partial charge is 0.394 e. The standard InChI is InChI=1S/C16H10Cl2N4O/c17-7-1-4-12-9(5-7)13(14(19)16(23)21-12)8-2-3-11(18)15-10(8)6-20-22-15/h1-6H,19H2,(H,20,22)(H,21,23). The highest BCUT2D eigenvalue weighted by molar-refractivity contribution is 6.35. The second-order valence-corrected chi connectivity index (χ2v) is 6.03. The Morgan fingerprint density at radius 1 is 1.09 bits per heavy atom. The molecule has 23 heavy (non-hydrogen) atoms. The van der Waals surface area contributed by atoms with Crippen molar-refractivity contribution in [1.82, 2.24) is 15.2 Å². The van der Waals surface area contributed by atoms with Gasteiger partial charge >= 0.3 is 0 Å². The maximum absolute atomic E-state index is 12.2. The van der Waals surface area contributed by atoms with Crippen molar-refractivity contribution in [1.29, 1.82) is 0 Å². The summed E-state index contributed by atoms with van der Waals surface area (Å²) >= 11 is 12.3. The van der Waals surface area contributed by atoms with Gasteiger partial charge in [0.1, 0.15) is 5.69 Å². The van der Waals surface area contributed by atoms with E-state index in [-0.39, 0.29) is 11.2 Å². The van der Waals surface area contributed by atoms with E-state index >= 15 is 0 Å². The van der Waals surface area contributed by atoms with Gasteiger partial charge < -0.3 is 10.7 Å². The Hall–Kier alpha value is -2.50. The van der Waals surface area contributed by atoms with Gasteiger partial charge in [-0.1, -0.05) is 29.3 Å². The van der Waals surface area contributed by atoms with Crippen molar-refractivity contribution >= 4 is 50.7 Å². The van der Waals surface area contributed by atoms with E-state index in [4.69, 9.17) is 28.9 Å². The van der Waals surface area contributed by atoms with Gasteiger partial charge in [0.2, 0.25) is 0 Å². The number of halogens is 2. The molecule has 4 aromatic rings. The highest BCUT2D eigenvalue weighted by Gasteiger charge is 2.16. The fourth-order valence-electron chi connectivity index (χ4n) is 2.79. The minimum Gasteiger partial charge on any atom is -0.394 e. The zero-order chi connectivity index (χ0) is 16.1. The van der Waals surface area contributed by atoms with Gasteiger partial charge in [0.05, 0.1) is 16.7 Å². The number of hydrogen-bond donors (Lipinski definition) is 3. The molecule has 0 saturated heterocycles. The fourth-order valence-corrected chi connectivity index (χ4v) is 3.17. The van der Waals surface area contributed by atoms with E-state index in [1.165, 1.54) is 0 Å². The molecule has 0 aliphatic carbocycles. The number of nitrogens with two attached hydrogens (primary N) is 1. The Bertz CT molecular complexity index is 1130. The molecular weight excluding hydrogens is 335 g/mol. The summed E-state index contributed by atoms with van der Waals surface area (Å²) in [4.78, 5) is 15.0. The second kappa shape index (κ2) is 5.01. The predicted molar refractivity (Wildman–Crippen MR) is 94.1 cm³/mol. The molecule has 4 rings (SSSR count). The van der Waals surface area contributed by atoms with Crippen LogP contribution in [0.2, 0.25) is 10.0 Å². The summed E-state index contributed by atoms with van der Waals surface area (Å²) in [7, 11) is 0. The first-order valence-corrected chi connectivity index (χ1v) is 7.55. The lowest BCUT2D eigenvalue weighted by Gasteiger charge is -2.11. The molecule has 0 aliphatic rings. The van der Waals surface area contributed by atoms with Gasteiger partial charge in [0.25, 0.3) is 5.56 Å². The van der Waals surface area contributed by atoms with Crippen molar-refractivity contribution in [2.24, 2.45) is 0 Å². The Kier molecular flexibility index (Phi) is 3.07. The molecule has 5 nitrogen and oxygen atoms in total. The van der Waals surface area contributed by atoms with Gasteiger partial charge in [-0.05, 0) is 29.8 Å². The number of nitrogens with zero attached hydrogens (tertiary/aromatic N) is 1. The normalized spacial score (nSPS) is 11.4. The molecule has 0 spiro atoms. The molecule has 114 valence electrons. The molecular formula is C16H10Cl2N4O. The van der Waals surface area contributed by atoms with E-state index < -0.39 is 0 Å². The van der Waals surface area contributed by atoms with Gasteiger partial charge in [-0.3, -0.25) is 9.89 Å². The summed E-state index contributed by atoms with van der Waals surface area (Å²) in [6.45, 7) is 0. The Labute approximate surface area is 140 Å². The summed E-state index contributed by atoms with van der Waals surface area (Å²) in [5.41, 5.74) is 8.61. The maximum Gasteiger partial charge on any atom is 0.272 e. The van der Waals surface area contributed by atoms with Crippen LogP contribution in [0.1, 0.15) is 0 Å². The summed E-state index contributed by atoms with van der Waals surface area (Å²) in [5, 5.41) is 9.55. The molecule has 0 atom stereocenters. The van der Waals surface area contributed by atoms with Crippen molar-refractivity contribution in [2.45, 2.75) is 0 Å². The molecule has 0 bridgehead atoms. The molecule has 0 unspecified atom stereocenters. The molecule has 2 aromatic carbocycles. The average Bonchev–Trinajstić information content (AvgIpc) is 3.01. The zero-order valence-corrected chi connectivity index (χ0v) is 13.2. The Balaban J connectivity index is 2.22. The van der Waals surface area contributed by atoms with Gasteiger partial charge in [-0.15, -0.1) is 0 Å². The first kappa shape index (κ1) is 14.1. The minimum atomic E-state index is -0.346. The van der Waals surface area contributed by atoms with E-state index in [9.17, 15) is 4.79 Å². The van der Waals surface area contributed by atoms with Crippen molar-refractivity contribution in [3.63, 3.8) is 0 Å². The van der Waals surface area contributed by atoms with E-state index in [1.807, 2.05) is 6.07 Å². The molecule has 2 heterocycles. The van der Waals surface area contributed by atoms with Crippen LogP contribution in [0.4, 0.5) is 5.69 Å². The number of H-pyrrole nitrogens is 2. The van der Waals surface area contributed by atoms with Crippen LogP contribution < -0.4 is 11.3 Å². The predicted octanol–water partition coefficient (Wildman–Crippen LogP) is 3.96. The van der Waals surface area contributed by atoms with Crippen LogP contribution in [-0.4, -0.2) is 15.2 Å². The molecule has 2 aromatic heterocycles. The molecule has 0 aliphatic heterocycles. The van der Waals surface area contributed by atoms with E-state index in [0.29, 0.717) is 26.6 Å². The van der Waals surface area contributed by atoms with Crippen LogP contribution in [0.15, 0.2) is 41.3 Å². The van der Waals surface area contributed by atoms with Gasteiger partial charge in [-0.25, -0.2) is 0 Å². The smallest absolute Gasteiger partial charge is 0.272 e. The summed E-state index contributed by atoms with van der Waals surface area (Å²) < 4.78 is 0. The molecule has 0 saturated carbocycles. The number of pyridine rings is 1. The number of aromatic nitrogens is 3. The first-order chi connectivity index (χ1) is 11.1. The Morgan fingerprint density at radius 3 is 2.74 bits per heavy atom. The zero-order valence-electron chi connectivity index (χ0n) is 11.7. The van der Waals surface area contributed by atoms with E-state index in [2.05, 4.69) is 15.2 Å². The van der Waals surface area contributed by atoms with Crippen molar-refractivity contribution < 1.29 is 0 Å². The quantitative estimate of drug-likeness (QED) is 0.488. The topological polar surface area (TPSA) is 87.6 Å². The van der Waals surface area contributed by atoms with Crippen LogP contribution in [0.5, 0.6) is 0 Å². The van der Waals surface area contributed by atoms with E-state index in [1.54, 1.807) is 30.5 Å². The summed E-state index contributed by atoms with van der Waals surface area (Å²) in [6, 6.07) is 8.82. The Morgan fingerprint density at radius 2 is 1.91 bits per heavy atom. The SMILES string of the molecule is Nc1c(-c2ccc(Cl)c3[nH]ncc23)c2cc(Cl)ccc2[nH]c1=O. The highest BCUT2D eigenvalue weighted by Crippen LogP contribution is 2.38.